The lowest BCUT2D eigenvalue weighted by Crippen LogP contribution is -2.54. The lowest BCUT2D eigenvalue weighted by atomic mass is 10.3. The molecule has 11 heavy (non-hydrogen) atoms. The fourth-order valence-electron chi connectivity index (χ4n) is 0.853. The Hall–Kier alpha value is -0.360. The molecule has 0 amide bonds. The molecule has 0 radical (unpaired) electrons. The third kappa shape index (κ3) is 1.81. The molecule has 1 aliphatic rings. The fraction of sp³-hybridized carbons (Fsp3) is 0.333. The molecule has 62 valence electrons. The van der Waals surface area contributed by atoms with Crippen LogP contribution in [0.2, 0.25) is 0 Å². The van der Waals surface area contributed by atoms with E-state index in [9.17, 15) is 0 Å². The molecule has 0 saturated carbocycles. The standard InChI is InChI=1S/C6H11BrN4/c7-4-2-1-3-11(5(4)8)6(9)10/h1-3,5-6H,8-10H2. The summed E-state index contributed by atoms with van der Waals surface area (Å²) in [7, 11) is 0. The summed E-state index contributed by atoms with van der Waals surface area (Å²) in [4.78, 5) is 1.66. The molecule has 0 aromatic rings. The molecule has 0 fully saturated rings. The van der Waals surface area contributed by atoms with E-state index in [4.69, 9.17) is 17.2 Å². The van der Waals surface area contributed by atoms with Crippen LogP contribution in [0.15, 0.2) is 22.8 Å². The molecule has 0 aromatic heterocycles. The molecule has 0 aromatic carbocycles. The van der Waals surface area contributed by atoms with Crippen LogP contribution < -0.4 is 17.2 Å². The van der Waals surface area contributed by atoms with Crippen LogP contribution in [0.4, 0.5) is 0 Å². The van der Waals surface area contributed by atoms with Crippen LogP contribution >= 0.6 is 15.9 Å². The van der Waals surface area contributed by atoms with Gasteiger partial charge in [-0.15, -0.1) is 0 Å². The number of nitrogens with zero attached hydrogens (tertiary/aromatic N) is 1. The van der Waals surface area contributed by atoms with Crippen LogP contribution in [-0.2, 0) is 0 Å². The summed E-state index contributed by atoms with van der Waals surface area (Å²) in [5.41, 5.74) is 16.6. The molecule has 6 N–H and O–H groups in total. The first-order chi connectivity index (χ1) is 5.13. The summed E-state index contributed by atoms with van der Waals surface area (Å²) in [5.74, 6) is 0. The molecule has 0 saturated heterocycles. The number of hydrogen-bond donors (Lipinski definition) is 3. The van der Waals surface area contributed by atoms with Crippen LogP contribution in [0, 0.1) is 0 Å². The summed E-state index contributed by atoms with van der Waals surface area (Å²) >= 11 is 3.29. The maximum Gasteiger partial charge on any atom is 0.130 e. The molecule has 1 rings (SSSR count). The molecule has 4 nitrogen and oxygen atoms in total. The molecular formula is C6H11BrN4. The second kappa shape index (κ2) is 3.36. The minimum Gasteiger partial charge on any atom is -0.330 e. The Balaban J connectivity index is 2.73. The van der Waals surface area contributed by atoms with Crippen LogP contribution in [0.25, 0.3) is 0 Å². The van der Waals surface area contributed by atoms with E-state index in [0.717, 1.165) is 4.48 Å². The van der Waals surface area contributed by atoms with Crippen molar-refractivity contribution in [1.29, 1.82) is 0 Å². The number of hydrogen-bond acceptors (Lipinski definition) is 4. The Morgan fingerprint density at radius 1 is 1.55 bits per heavy atom. The minimum atomic E-state index is -0.553. The normalized spacial score (nSPS) is 24.3. The van der Waals surface area contributed by atoms with Crippen molar-refractivity contribution in [3.63, 3.8) is 0 Å². The predicted molar refractivity (Wildman–Crippen MR) is 48.1 cm³/mol. The summed E-state index contributed by atoms with van der Waals surface area (Å²) < 4.78 is 0.876. The van der Waals surface area contributed by atoms with Gasteiger partial charge in [-0.05, 0) is 12.2 Å². The Labute approximate surface area is 73.8 Å². The number of halogens is 1. The highest BCUT2D eigenvalue weighted by molar-refractivity contribution is 9.11. The van der Waals surface area contributed by atoms with Crippen molar-refractivity contribution in [2.24, 2.45) is 17.2 Å². The van der Waals surface area contributed by atoms with Gasteiger partial charge in [-0.1, -0.05) is 15.9 Å². The van der Waals surface area contributed by atoms with Gasteiger partial charge in [-0.3, -0.25) is 11.5 Å². The Morgan fingerprint density at radius 3 is 2.64 bits per heavy atom. The van der Waals surface area contributed by atoms with Crippen LogP contribution in [0.5, 0.6) is 0 Å². The van der Waals surface area contributed by atoms with Crippen molar-refractivity contribution in [3.8, 4) is 0 Å². The zero-order chi connectivity index (χ0) is 8.43. The van der Waals surface area contributed by atoms with Gasteiger partial charge in [0.1, 0.15) is 12.5 Å². The van der Waals surface area contributed by atoms with Gasteiger partial charge in [-0.2, -0.15) is 0 Å². The van der Waals surface area contributed by atoms with Crippen LogP contribution in [0.3, 0.4) is 0 Å². The number of rotatable bonds is 1. The quantitative estimate of drug-likeness (QED) is 0.523. The first-order valence-corrected chi connectivity index (χ1v) is 4.00. The minimum absolute atomic E-state index is 0.264. The zero-order valence-corrected chi connectivity index (χ0v) is 7.53. The van der Waals surface area contributed by atoms with Gasteiger partial charge >= 0.3 is 0 Å². The van der Waals surface area contributed by atoms with Gasteiger partial charge in [0, 0.05) is 10.7 Å². The van der Waals surface area contributed by atoms with E-state index in [1.54, 1.807) is 11.1 Å². The number of nitrogens with two attached hydrogens (primary N) is 3. The fourth-order valence-corrected chi connectivity index (χ4v) is 1.24. The van der Waals surface area contributed by atoms with Crippen LogP contribution in [0.1, 0.15) is 0 Å². The van der Waals surface area contributed by atoms with Crippen molar-refractivity contribution in [2.45, 2.75) is 12.5 Å². The Morgan fingerprint density at radius 2 is 2.18 bits per heavy atom. The van der Waals surface area contributed by atoms with Gasteiger partial charge in [0.2, 0.25) is 0 Å². The summed E-state index contributed by atoms with van der Waals surface area (Å²) in [5, 5.41) is 0. The first kappa shape index (κ1) is 8.73. The van der Waals surface area contributed by atoms with E-state index < -0.39 is 6.29 Å². The van der Waals surface area contributed by atoms with Gasteiger partial charge in [0.15, 0.2) is 0 Å². The molecule has 0 spiro atoms. The predicted octanol–water partition coefficient (Wildman–Crippen LogP) is -0.420. The van der Waals surface area contributed by atoms with E-state index in [2.05, 4.69) is 15.9 Å². The number of allylic oxidation sites excluding steroid dienone is 2. The smallest absolute Gasteiger partial charge is 0.130 e. The third-order valence-electron chi connectivity index (χ3n) is 1.46. The van der Waals surface area contributed by atoms with Crippen LogP contribution in [-0.4, -0.2) is 17.4 Å². The van der Waals surface area contributed by atoms with Gasteiger partial charge in [-0.25, -0.2) is 0 Å². The largest absolute Gasteiger partial charge is 0.330 e. The Bertz CT molecular complexity index is 199. The van der Waals surface area contributed by atoms with Crippen molar-refractivity contribution >= 4 is 15.9 Å². The second-order valence-electron chi connectivity index (χ2n) is 2.28. The van der Waals surface area contributed by atoms with E-state index in [0.29, 0.717) is 0 Å². The second-order valence-corrected chi connectivity index (χ2v) is 3.19. The highest BCUT2D eigenvalue weighted by Crippen LogP contribution is 2.17. The highest BCUT2D eigenvalue weighted by Gasteiger charge is 2.18. The summed E-state index contributed by atoms with van der Waals surface area (Å²) in [6.45, 7) is 0. The lowest BCUT2D eigenvalue weighted by Gasteiger charge is -2.32. The summed E-state index contributed by atoms with van der Waals surface area (Å²) in [6, 6.07) is 0. The van der Waals surface area contributed by atoms with Gasteiger partial charge in [0.05, 0.1) is 0 Å². The molecule has 1 aliphatic heterocycles. The van der Waals surface area contributed by atoms with E-state index in [-0.39, 0.29) is 6.17 Å². The third-order valence-corrected chi connectivity index (χ3v) is 2.20. The van der Waals surface area contributed by atoms with Gasteiger partial charge < -0.3 is 10.6 Å². The lowest BCUT2D eigenvalue weighted by molar-refractivity contribution is 0.242. The molecule has 0 aliphatic carbocycles. The van der Waals surface area contributed by atoms with E-state index in [1.165, 1.54) is 0 Å². The maximum atomic E-state index is 5.72. The maximum absolute atomic E-state index is 5.72. The summed E-state index contributed by atoms with van der Waals surface area (Å²) in [6.07, 6.45) is 4.64. The highest BCUT2D eigenvalue weighted by atomic mass is 79.9. The van der Waals surface area contributed by atoms with Crippen molar-refractivity contribution < 1.29 is 0 Å². The molecule has 0 bridgehead atoms. The monoisotopic (exact) mass is 218 g/mol. The van der Waals surface area contributed by atoms with Crippen molar-refractivity contribution in [3.05, 3.63) is 22.8 Å². The molecular weight excluding hydrogens is 208 g/mol. The average Bonchev–Trinajstić information content (AvgIpc) is 1.94. The first-order valence-electron chi connectivity index (χ1n) is 3.21. The van der Waals surface area contributed by atoms with E-state index >= 15 is 0 Å². The van der Waals surface area contributed by atoms with E-state index in [1.807, 2.05) is 12.2 Å². The van der Waals surface area contributed by atoms with Crippen molar-refractivity contribution in [2.75, 3.05) is 0 Å². The SMILES string of the molecule is NC(N)N1C=CC=C(Br)C1N. The van der Waals surface area contributed by atoms with Crippen molar-refractivity contribution in [1.82, 2.24) is 4.90 Å². The van der Waals surface area contributed by atoms with Gasteiger partial charge in [0.25, 0.3) is 0 Å². The average molecular weight is 219 g/mol. The molecule has 1 atom stereocenters. The molecule has 5 heteroatoms. The molecule has 1 unspecified atom stereocenters. The Kier molecular flexibility index (Phi) is 2.67. The molecule has 1 heterocycles. The topological polar surface area (TPSA) is 81.3 Å². The zero-order valence-electron chi connectivity index (χ0n) is 5.94.